The zero-order valence-corrected chi connectivity index (χ0v) is 71.7. The molecule has 116 heavy (non-hydrogen) atoms. The Balaban J connectivity index is 0.000000152. The number of guanidine groups is 1. The molecule has 0 amide bonds. The fourth-order valence-electron chi connectivity index (χ4n) is 14.8. The van der Waals surface area contributed by atoms with Crippen LogP contribution in [-0.2, 0) is 29.5 Å². The second kappa shape index (κ2) is 40.3. The van der Waals surface area contributed by atoms with Crippen LogP contribution >= 0.6 is 60.2 Å². The molecule has 0 aromatic heterocycles. The standard InChI is InChI=1S/C22H22N4O3.C20H17BrN2O2.C19H17BrO3.C13H13BrO3.C7H6BNO2.C5H11NSi.CH5NO.ClH/c1-24-17-5-3-4-15(12-17)16-6-7-19-18(13-16)22(25-20(23)26(2)29-22)14-21(28-19)8-10-27-11-9-21;1-22-23-18-13-20(7-9-24-10-8-20)25-19-6-5-15(12-17(18)19)14-3-2-4-16(21)11-14;20-15-3-1-2-13(10-15)14-4-5-18-16(11-14)17(21)12-19(23-18)6-8-22-9-7-19;14-9-1-2-12-10(7-9)11(15)8-13(17-12)3-5-16-6-4-13;1-9-7-4-2-3-6(5-7)8(10)11;1-5-6-7(2,3)4;1-2-3;/h3-7,12-13H,8-11,14H2,2H3,(H2,23,25);2-6,11-12H,7-10,13H2;1-5,10-11H,6-9,12H2;1-2,7H,3-6,8H2;2-5,10-11H;1H2,2-4H3;2-3H,1H3;1H/b;23-18-;;;;;;. The highest BCUT2D eigenvalue weighted by molar-refractivity contribution is 9.11. The first kappa shape index (κ1) is 89.2. The van der Waals surface area contributed by atoms with Crippen LogP contribution in [0.4, 0.5) is 11.4 Å². The molecule has 8 aromatic rings. The molecule has 9 aliphatic heterocycles. The van der Waals surface area contributed by atoms with Crippen molar-refractivity contribution in [3.05, 3.63) is 246 Å². The molecule has 604 valence electrons. The number of Topliss-reactive ketones (excluding diaryl/α,β-unsaturated/α-hetero) is 2. The highest BCUT2D eigenvalue weighted by Gasteiger charge is 2.55. The van der Waals surface area contributed by atoms with Crippen LogP contribution in [-0.4, -0.2) is 154 Å². The second-order valence-corrected chi connectivity index (χ2v) is 37.1. The number of halogens is 4. The van der Waals surface area contributed by atoms with E-state index in [0.29, 0.717) is 124 Å². The van der Waals surface area contributed by atoms with Gasteiger partial charge in [-0.25, -0.2) is 30.1 Å². The van der Waals surface area contributed by atoms with Crippen LogP contribution in [0.15, 0.2) is 205 Å². The average Bonchev–Trinajstić information content (AvgIpc) is 1.51. The van der Waals surface area contributed by atoms with Crippen LogP contribution in [0.25, 0.3) is 48.0 Å². The van der Waals surface area contributed by atoms with Crippen LogP contribution in [0.3, 0.4) is 0 Å². The van der Waals surface area contributed by atoms with Crippen LogP contribution in [0.2, 0.25) is 19.6 Å². The SMILES string of the molecule is C=C=N[Si](C)(C)C.CNO.Cl.O=C1CC2(CCOCC2)Oc2ccc(-c3cccc(Br)c3)cc21.O=C1CC2(CCOCC2)Oc2ccc(Br)cc21.[C-]#[N+]/N=C1/CC2(CCOCC2)Oc2ccc(-c3cccc(Br)c3)cc21.[C-]#[N+]c1cccc(-c2ccc3c(c2)C2(CC4(CCOCC4)O3)N=C(N)N(C)O2)c1.[C-]#[N+]c1cccc(B(O)O)c1. The van der Waals surface area contributed by atoms with Crippen LogP contribution in [0.5, 0.6) is 23.0 Å². The Morgan fingerprint density at radius 1 is 0.543 bits per heavy atom. The van der Waals surface area contributed by atoms with Gasteiger partial charge >= 0.3 is 7.12 Å². The van der Waals surface area contributed by atoms with Gasteiger partial charge in [-0.05, 0) is 156 Å². The van der Waals surface area contributed by atoms with Crippen LogP contribution < -0.4 is 35.6 Å². The number of nitrogens with zero attached hydrogens (tertiary/aromatic N) is 7. The number of ketones is 2. The zero-order chi connectivity index (χ0) is 82.0. The molecular weight excluding hydrogens is 1710 g/mol. The molecule has 0 bridgehead atoms. The summed E-state index contributed by atoms with van der Waals surface area (Å²) in [5.41, 5.74) is 17.2. The van der Waals surface area contributed by atoms with Gasteiger partial charge in [0.25, 0.3) is 0 Å². The Labute approximate surface area is 709 Å². The predicted molar refractivity (Wildman–Crippen MR) is 465 cm³/mol. The first-order valence-electron chi connectivity index (χ1n) is 37.7. The van der Waals surface area contributed by atoms with Crippen molar-refractivity contribution in [2.75, 3.05) is 67.0 Å². The van der Waals surface area contributed by atoms with Crippen molar-refractivity contribution in [3.63, 3.8) is 0 Å². The van der Waals surface area contributed by atoms with Gasteiger partial charge in [-0.2, -0.15) is 6.57 Å². The van der Waals surface area contributed by atoms with Gasteiger partial charge in [-0.1, -0.05) is 133 Å². The third-order valence-electron chi connectivity index (χ3n) is 20.6. The Morgan fingerprint density at radius 2 is 0.940 bits per heavy atom. The van der Waals surface area contributed by atoms with Crippen LogP contribution in [0, 0.1) is 19.7 Å². The number of fused-ring (bicyclic) bond motifs is 5. The van der Waals surface area contributed by atoms with Crippen molar-refractivity contribution in [1.29, 1.82) is 0 Å². The summed E-state index contributed by atoms with van der Waals surface area (Å²) in [5.74, 6) is 6.24. The summed E-state index contributed by atoms with van der Waals surface area (Å²) in [5, 5.41) is 30.3. The molecule has 0 aliphatic carbocycles. The number of carbonyl (C=O) groups excluding carboxylic acids is 2. The average molecular weight is 1800 g/mol. The summed E-state index contributed by atoms with van der Waals surface area (Å²) >= 11 is 10.4. The lowest BCUT2D eigenvalue weighted by atomic mass is 9.79. The molecule has 0 saturated carbocycles. The summed E-state index contributed by atoms with van der Waals surface area (Å²) in [6.45, 7) is 36.3. The number of nitrogens with one attached hydrogen (secondary N) is 1. The maximum Gasteiger partial charge on any atom is 0.487 e. The number of benzene rings is 8. The number of hydrogen-bond acceptors (Lipinski definition) is 20. The molecule has 17 rings (SSSR count). The lowest BCUT2D eigenvalue weighted by Gasteiger charge is -2.46. The Hall–Kier alpha value is -9.19. The highest BCUT2D eigenvalue weighted by atomic mass is 79.9. The molecule has 29 heteroatoms. The number of carbonyl (C=O) groups is 2. The fourth-order valence-corrected chi connectivity index (χ4v) is 16.4. The van der Waals surface area contributed by atoms with Gasteiger partial charge < -0.3 is 58.9 Å². The largest absolute Gasteiger partial charge is 0.487 e. The van der Waals surface area contributed by atoms with Crippen molar-refractivity contribution in [2.24, 2.45) is 20.5 Å². The topological polar surface area (TPSA) is 269 Å². The van der Waals surface area contributed by atoms with Gasteiger partial charge in [-0.3, -0.25) is 14.2 Å². The van der Waals surface area contributed by atoms with Gasteiger partial charge in [0.05, 0.1) is 101 Å². The van der Waals surface area contributed by atoms with E-state index in [9.17, 15) is 9.59 Å². The van der Waals surface area contributed by atoms with E-state index in [1.54, 1.807) is 36.8 Å². The van der Waals surface area contributed by atoms with E-state index in [1.807, 2.05) is 109 Å². The van der Waals surface area contributed by atoms with E-state index < -0.39 is 21.1 Å². The second-order valence-electron chi connectivity index (χ2n) is 29.8. The summed E-state index contributed by atoms with van der Waals surface area (Å²) in [4.78, 5) is 45.8. The Kier molecular flexibility index (Phi) is 31.0. The van der Waals surface area contributed by atoms with Crippen LogP contribution in [0.1, 0.15) is 109 Å². The van der Waals surface area contributed by atoms with E-state index in [4.69, 9.17) is 88.4 Å². The molecule has 4 saturated heterocycles. The molecule has 23 nitrogen and oxygen atoms in total. The van der Waals surface area contributed by atoms with Gasteiger partial charge in [0.2, 0.25) is 11.7 Å². The molecule has 9 aliphatic rings. The molecule has 1 unspecified atom stereocenters. The summed E-state index contributed by atoms with van der Waals surface area (Å²) in [6.07, 6.45) is 8.55. The number of hydroxylamine groups is 3. The first-order valence-corrected chi connectivity index (χ1v) is 43.6. The van der Waals surface area contributed by atoms with Gasteiger partial charge in [0, 0.05) is 97.3 Å². The van der Waals surface area contributed by atoms with E-state index in [-0.39, 0.29) is 46.4 Å². The number of rotatable bonds is 5. The number of aliphatic imine (C=N–C) groups is 1. The van der Waals surface area contributed by atoms with Crippen molar-refractivity contribution in [2.45, 2.75) is 125 Å². The van der Waals surface area contributed by atoms with E-state index in [2.05, 4.69) is 135 Å². The maximum atomic E-state index is 12.7. The molecule has 6 N–H and O–H groups in total. The quantitative estimate of drug-likeness (QED) is 0.0464. The minimum absolute atomic E-state index is 0. The van der Waals surface area contributed by atoms with Gasteiger partial charge in [-0.15, -0.1) is 17.4 Å². The number of ether oxygens (including phenoxy) is 8. The van der Waals surface area contributed by atoms with Crippen molar-refractivity contribution in [3.8, 4) is 56.4 Å². The summed E-state index contributed by atoms with van der Waals surface area (Å²) in [7, 11) is 0.502. The Bertz CT molecular complexity index is 5080. The first-order chi connectivity index (χ1) is 55.3. The van der Waals surface area contributed by atoms with E-state index in [1.165, 1.54) is 18.2 Å². The molecular formula is C87H92BBr3ClN9O14Si. The van der Waals surface area contributed by atoms with Gasteiger partial charge in [0.1, 0.15) is 51.1 Å². The monoisotopic (exact) mass is 1800 g/mol. The van der Waals surface area contributed by atoms with E-state index >= 15 is 0 Å². The minimum atomic E-state index is -1.49. The third kappa shape index (κ3) is 22.8. The van der Waals surface area contributed by atoms with Gasteiger partial charge in [0.15, 0.2) is 31.2 Å². The molecule has 8 aromatic carbocycles. The molecule has 1 atom stereocenters. The molecule has 5 spiro atoms. The predicted octanol–water partition coefficient (Wildman–Crippen LogP) is 17.9. The third-order valence-corrected chi connectivity index (χ3v) is 22.9. The summed E-state index contributed by atoms with van der Waals surface area (Å²) < 4.78 is 54.0. The van der Waals surface area contributed by atoms with Crippen molar-refractivity contribution >= 4 is 121 Å². The zero-order valence-electron chi connectivity index (χ0n) is 65.2. The number of hydrogen-bond donors (Lipinski definition) is 5. The number of nitrogens with two attached hydrogens (primary N) is 1. The fraction of sp³-hybridized carbons (Fsp3) is 0.345. The molecule has 4 fully saturated rings. The van der Waals surface area contributed by atoms with Crippen molar-refractivity contribution < 1.29 is 67.6 Å². The lowest BCUT2D eigenvalue weighted by Crippen LogP contribution is -2.51. The normalized spacial score (nSPS) is 19.1. The lowest BCUT2D eigenvalue weighted by molar-refractivity contribution is -0.212. The van der Waals surface area contributed by atoms with E-state index in [0.717, 1.165) is 127 Å². The Morgan fingerprint density at radius 3 is 1.39 bits per heavy atom. The highest BCUT2D eigenvalue weighted by Crippen LogP contribution is 2.53. The molecule has 0 radical (unpaired) electrons. The van der Waals surface area contributed by atoms with Crippen molar-refractivity contribution in [1.82, 2.24) is 10.5 Å². The molecule has 9 heterocycles. The smallest absolute Gasteiger partial charge is 0.486 e. The minimum Gasteiger partial charge on any atom is -0.486 e. The maximum absolute atomic E-state index is 12.7. The summed E-state index contributed by atoms with van der Waals surface area (Å²) in [6, 6.07) is 53.7.